The number of hydrogen-bond donors (Lipinski definition) is 1. The summed E-state index contributed by atoms with van der Waals surface area (Å²) in [7, 11) is 1.94. The largest absolute Gasteiger partial charge is 0.389 e. The van der Waals surface area contributed by atoms with Gasteiger partial charge in [-0.3, -0.25) is 4.68 Å². The summed E-state index contributed by atoms with van der Waals surface area (Å²) in [5.41, 5.74) is 7.63. The van der Waals surface area contributed by atoms with Gasteiger partial charge in [0.25, 0.3) is 0 Å². The van der Waals surface area contributed by atoms with Crippen LogP contribution in [0.15, 0.2) is 0 Å². The third-order valence-corrected chi connectivity index (χ3v) is 3.11. The standard InChI is InChI=1S/C12H22N4S/c1-5-7-8-16(6-2)12-10(11(13)17)9(3)14-15(12)4/h5-8H2,1-4H3,(H2,13,17). The Morgan fingerprint density at radius 3 is 2.59 bits per heavy atom. The van der Waals surface area contributed by atoms with Crippen LogP contribution in [-0.2, 0) is 7.05 Å². The van der Waals surface area contributed by atoms with Crippen molar-refractivity contribution in [2.75, 3.05) is 18.0 Å². The molecule has 17 heavy (non-hydrogen) atoms. The zero-order chi connectivity index (χ0) is 13.0. The summed E-state index contributed by atoms with van der Waals surface area (Å²) < 4.78 is 1.88. The summed E-state index contributed by atoms with van der Waals surface area (Å²) >= 11 is 5.13. The first-order valence-electron chi connectivity index (χ1n) is 6.11. The highest BCUT2D eigenvalue weighted by molar-refractivity contribution is 7.80. The van der Waals surface area contributed by atoms with Crippen molar-refractivity contribution in [3.63, 3.8) is 0 Å². The van der Waals surface area contributed by atoms with Crippen LogP contribution in [-0.4, -0.2) is 27.9 Å². The van der Waals surface area contributed by atoms with Gasteiger partial charge in [0.2, 0.25) is 0 Å². The molecule has 5 heteroatoms. The Hall–Kier alpha value is -1.10. The van der Waals surface area contributed by atoms with Crippen molar-refractivity contribution in [2.24, 2.45) is 12.8 Å². The average Bonchev–Trinajstić information content (AvgIpc) is 2.55. The van der Waals surface area contributed by atoms with E-state index in [4.69, 9.17) is 18.0 Å². The second-order valence-electron chi connectivity index (χ2n) is 4.21. The van der Waals surface area contributed by atoms with Crippen LogP contribution in [0.4, 0.5) is 5.82 Å². The highest BCUT2D eigenvalue weighted by Gasteiger charge is 2.19. The molecule has 0 fully saturated rings. The molecule has 0 spiro atoms. The Labute approximate surface area is 109 Å². The molecular formula is C12H22N4S. The van der Waals surface area contributed by atoms with Gasteiger partial charge in [-0.05, 0) is 20.3 Å². The van der Waals surface area contributed by atoms with Crippen molar-refractivity contribution in [2.45, 2.75) is 33.6 Å². The van der Waals surface area contributed by atoms with Crippen molar-refractivity contribution in [3.8, 4) is 0 Å². The lowest BCUT2D eigenvalue weighted by Gasteiger charge is -2.24. The van der Waals surface area contributed by atoms with Crippen LogP contribution in [0.5, 0.6) is 0 Å². The van der Waals surface area contributed by atoms with E-state index in [2.05, 4.69) is 23.8 Å². The number of anilines is 1. The summed E-state index contributed by atoms with van der Waals surface area (Å²) in [5.74, 6) is 1.05. The Kier molecular flexibility index (Phi) is 4.93. The molecule has 0 aliphatic heterocycles. The normalized spacial score (nSPS) is 10.6. The summed E-state index contributed by atoms with van der Waals surface area (Å²) in [4.78, 5) is 2.72. The van der Waals surface area contributed by atoms with Crippen molar-refractivity contribution in [1.29, 1.82) is 0 Å². The minimum absolute atomic E-state index is 0.431. The zero-order valence-corrected chi connectivity index (χ0v) is 12.0. The molecule has 0 radical (unpaired) electrons. The summed E-state index contributed by atoms with van der Waals surface area (Å²) in [6.45, 7) is 8.24. The van der Waals surface area contributed by atoms with Crippen LogP contribution >= 0.6 is 12.2 Å². The lowest BCUT2D eigenvalue weighted by molar-refractivity contribution is 0.677. The number of hydrogen-bond acceptors (Lipinski definition) is 3. The molecule has 0 amide bonds. The fourth-order valence-electron chi connectivity index (χ4n) is 2.06. The third-order valence-electron chi connectivity index (χ3n) is 2.90. The van der Waals surface area contributed by atoms with E-state index in [9.17, 15) is 0 Å². The Balaban J connectivity index is 3.13. The van der Waals surface area contributed by atoms with Gasteiger partial charge in [-0.2, -0.15) is 5.10 Å². The first-order valence-corrected chi connectivity index (χ1v) is 6.52. The van der Waals surface area contributed by atoms with Gasteiger partial charge in [-0.25, -0.2) is 0 Å². The van der Waals surface area contributed by atoms with Crippen molar-refractivity contribution >= 4 is 23.0 Å². The van der Waals surface area contributed by atoms with E-state index in [0.29, 0.717) is 4.99 Å². The number of rotatable bonds is 6. The highest BCUT2D eigenvalue weighted by atomic mass is 32.1. The quantitative estimate of drug-likeness (QED) is 0.789. The predicted molar refractivity (Wildman–Crippen MR) is 76.6 cm³/mol. The maximum Gasteiger partial charge on any atom is 0.137 e. The van der Waals surface area contributed by atoms with Gasteiger partial charge in [-0.15, -0.1) is 0 Å². The molecule has 0 saturated heterocycles. The van der Waals surface area contributed by atoms with E-state index in [0.717, 1.165) is 36.6 Å². The Morgan fingerprint density at radius 2 is 2.12 bits per heavy atom. The van der Waals surface area contributed by atoms with Gasteiger partial charge < -0.3 is 10.6 Å². The molecule has 4 nitrogen and oxygen atoms in total. The summed E-state index contributed by atoms with van der Waals surface area (Å²) in [6, 6.07) is 0. The highest BCUT2D eigenvalue weighted by Crippen LogP contribution is 2.23. The molecule has 2 N–H and O–H groups in total. The summed E-state index contributed by atoms with van der Waals surface area (Å²) in [5, 5.41) is 4.42. The van der Waals surface area contributed by atoms with E-state index in [-0.39, 0.29) is 0 Å². The lowest BCUT2D eigenvalue weighted by Crippen LogP contribution is -2.28. The van der Waals surface area contributed by atoms with E-state index in [1.54, 1.807) is 0 Å². The number of aromatic nitrogens is 2. The van der Waals surface area contributed by atoms with Crippen LogP contribution in [0.25, 0.3) is 0 Å². The second kappa shape index (κ2) is 6.00. The molecule has 96 valence electrons. The van der Waals surface area contributed by atoms with Crippen molar-refractivity contribution in [3.05, 3.63) is 11.3 Å². The molecule has 0 saturated carbocycles. The minimum Gasteiger partial charge on any atom is -0.389 e. The average molecular weight is 254 g/mol. The molecular weight excluding hydrogens is 232 g/mol. The van der Waals surface area contributed by atoms with Gasteiger partial charge in [0, 0.05) is 20.1 Å². The third kappa shape index (κ3) is 2.97. The molecule has 0 atom stereocenters. The number of nitrogens with two attached hydrogens (primary N) is 1. The van der Waals surface area contributed by atoms with E-state index in [1.165, 1.54) is 6.42 Å². The molecule has 0 aliphatic rings. The lowest BCUT2D eigenvalue weighted by atomic mass is 10.2. The van der Waals surface area contributed by atoms with Crippen LogP contribution < -0.4 is 10.6 Å². The maximum atomic E-state index is 5.80. The number of nitrogens with zero attached hydrogens (tertiary/aromatic N) is 3. The summed E-state index contributed by atoms with van der Waals surface area (Å²) in [6.07, 6.45) is 2.34. The molecule has 0 aromatic carbocycles. The number of aryl methyl sites for hydroxylation is 2. The van der Waals surface area contributed by atoms with Crippen molar-refractivity contribution in [1.82, 2.24) is 9.78 Å². The molecule has 1 aromatic rings. The van der Waals surface area contributed by atoms with Crippen LogP contribution in [0, 0.1) is 6.92 Å². The van der Waals surface area contributed by atoms with Crippen LogP contribution in [0.2, 0.25) is 0 Å². The molecule has 0 unspecified atom stereocenters. The second-order valence-corrected chi connectivity index (χ2v) is 4.64. The monoisotopic (exact) mass is 254 g/mol. The van der Waals surface area contributed by atoms with Gasteiger partial charge in [0.1, 0.15) is 10.8 Å². The SMILES string of the molecule is CCCCN(CC)c1c(C(N)=S)c(C)nn1C. The van der Waals surface area contributed by atoms with E-state index < -0.39 is 0 Å². The molecule has 0 bridgehead atoms. The molecule has 1 rings (SSSR count). The van der Waals surface area contributed by atoms with E-state index >= 15 is 0 Å². The van der Waals surface area contributed by atoms with Gasteiger partial charge >= 0.3 is 0 Å². The fourth-order valence-corrected chi connectivity index (χ4v) is 2.30. The first kappa shape index (κ1) is 14.0. The van der Waals surface area contributed by atoms with Crippen LogP contribution in [0.1, 0.15) is 37.9 Å². The minimum atomic E-state index is 0.431. The van der Waals surface area contributed by atoms with Crippen LogP contribution in [0.3, 0.4) is 0 Å². The fraction of sp³-hybridized carbons (Fsp3) is 0.667. The molecule has 1 aromatic heterocycles. The topological polar surface area (TPSA) is 47.1 Å². The molecule has 1 heterocycles. The van der Waals surface area contributed by atoms with Gasteiger partial charge in [-0.1, -0.05) is 25.6 Å². The van der Waals surface area contributed by atoms with Gasteiger partial charge in [0.15, 0.2) is 0 Å². The Bertz CT molecular complexity index is 397. The molecule has 0 aliphatic carbocycles. The van der Waals surface area contributed by atoms with E-state index in [1.807, 2.05) is 18.7 Å². The van der Waals surface area contributed by atoms with Crippen molar-refractivity contribution < 1.29 is 0 Å². The smallest absolute Gasteiger partial charge is 0.137 e. The maximum absolute atomic E-state index is 5.80. The zero-order valence-electron chi connectivity index (χ0n) is 11.2. The van der Waals surface area contributed by atoms with Gasteiger partial charge in [0.05, 0.1) is 11.3 Å². The number of thiocarbonyl (C=S) groups is 1. The first-order chi connectivity index (χ1) is 8.02. The Morgan fingerprint density at radius 1 is 1.47 bits per heavy atom. The predicted octanol–water partition coefficient (Wildman–Crippen LogP) is 1.99. The number of unbranched alkanes of at least 4 members (excludes halogenated alkanes) is 1.